The van der Waals surface area contributed by atoms with Gasteiger partial charge in [-0.25, -0.2) is 0 Å². The third-order valence-electron chi connectivity index (χ3n) is 8.16. The van der Waals surface area contributed by atoms with Crippen LogP contribution in [0.2, 0.25) is 0 Å². The molecule has 5 rings (SSSR count). The molecule has 0 bridgehead atoms. The SMILES string of the molecule is CCCCCCCCC1(CCCCCCCC)c2ccsc2-c2sc(-c3ccc(-c4cccs4)s3)cc21. The molecule has 0 atom stereocenters. The minimum absolute atomic E-state index is 0.239. The normalized spacial score (nSPS) is 13.8. The van der Waals surface area contributed by atoms with E-state index >= 15 is 0 Å². The number of unbranched alkanes of at least 4 members (excludes halogenated alkanes) is 10. The number of hydrogen-bond acceptors (Lipinski definition) is 4. The van der Waals surface area contributed by atoms with Crippen LogP contribution in [0.25, 0.3) is 29.3 Å². The van der Waals surface area contributed by atoms with Gasteiger partial charge >= 0.3 is 0 Å². The average molecular weight is 567 g/mol. The van der Waals surface area contributed by atoms with Gasteiger partial charge in [-0.1, -0.05) is 97.0 Å². The summed E-state index contributed by atoms with van der Waals surface area (Å²) in [5, 5.41) is 4.55. The van der Waals surface area contributed by atoms with Gasteiger partial charge in [-0.15, -0.1) is 45.3 Å². The van der Waals surface area contributed by atoms with Crippen molar-refractivity contribution in [1.29, 1.82) is 0 Å². The van der Waals surface area contributed by atoms with Gasteiger partial charge in [0.05, 0.1) is 0 Å². The molecule has 0 nitrogen and oxygen atoms in total. The van der Waals surface area contributed by atoms with Crippen LogP contribution >= 0.6 is 45.3 Å². The summed E-state index contributed by atoms with van der Waals surface area (Å²) in [7, 11) is 0. The molecule has 0 amide bonds. The first kappa shape index (κ1) is 27.4. The standard InChI is InChI=1S/C33H42S4/c1-3-5-7-9-11-13-20-33(21-14-12-10-8-6-4-2)25-19-23-35-31(25)32-26(33)24-30(37-32)29-18-17-28(36-29)27-16-15-22-34-27/h15-19,22-24H,3-14,20-21H2,1-2H3. The van der Waals surface area contributed by atoms with Crippen LogP contribution < -0.4 is 0 Å². The molecule has 4 heterocycles. The Labute approximate surface area is 240 Å². The van der Waals surface area contributed by atoms with E-state index in [0.29, 0.717) is 0 Å². The van der Waals surface area contributed by atoms with E-state index in [1.165, 1.54) is 109 Å². The summed E-state index contributed by atoms with van der Waals surface area (Å²) in [6.45, 7) is 4.64. The Balaban J connectivity index is 1.40. The van der Waals surface area contributed by atoms with Crippen molar-refractivity contribution in [3.8, 4) is 29.3 Å². The Hall–Kier alpha value is -1.20. The van der Waals surface area contributed by atoms with Crippen molar-refractivity contribution in [3.63, 3.8) is 0 Å². The molecule has 0 radical (unpaired) electrons. The van der Waals surface area contributed by atoms with E-state index in [9.17, 15) is 0 Å². The summed E-state index contributed by atoms with van der Waals surface area (Å²) >= 11 is 7.86. The highest BCUT2D eigenvalue weighted by atomic mass is 32.1. The third kappa shape index (κ3) is 6.03. The minimum atomic E-state index is 0.239. The molecule has 4 aromatic heterocycles. The van der Waals surface area contributed by atoms with Crippen LogP contribution in [-0.2, 0) is 5.41 Å². The third-order valence-corrected chi connectivity index (χ3v) is 12.7. The van der Waals surface area contributed by atoms with Crippen LogP contribution in [0.5, 0.6) is 0 Å². The zero-order valence-corrected chi connectivity index (χ0v) is 25.9. The number of hydrogen-bond donors (Lipinski definition) is 0. The summed E-state index contributed by atoms with van der Waals surface area (Å²) in [4.78, 5) is 8.88. The molecule has 0 unspecified atom stereocenters. The van der Waals surface area contributed by atoms with Gasteiger partial charge in [0.15, 0.2) is 0 Å². The highest BCUT2D eigenvalue weighted by molar-refractivity contribution is 7.28. The van der Waals surface area contributed by atoms with E-state index in [1.54, 1.807) is 20.9 Å². The van der Waals surface area contributed by atoms with Gasteiger partial charge < -0.3 is 0 Å². The van der Waals surface area contributed by atoms with E-state index in [-0.39, 0.29) is 5.41 Å². The quantitative estimate of drug-likeness (QED) is 0.118. The maximum atomic E-state index is 2.62. The average Bonchev–Trinajstić information content (AvgIpc) is 3.72. The molecular formula is C33H42S4. The van der Waals surface area contributed by atoms with Crippen molar-refractivity contribution in [3.05, 3.63) is 58.3 Å². The van der Waals surface area contributed by atoms with Gasteiger partial charge in [0.2, 0.25) is 0 Å². The second-order valence-corrected chi connectivity index (χ2v) is 14.8. The van der Waals surface area contributed by atoms with Crippen molar-refractivity contribution in [2.24, 2.45) is 0 Å². The summed E-state index contributed by atoms with van der Waals surface area (Å²) in [5.41, 5.74) is 3.57. The molecule has 198 valence electrons. The van der Waals surface area contributed by atoms with Crippen LogP contribution in [0, 0.1) is 0 Å². The van der Waals surface area contributed by atoms with Gasteiger partial charge in [0.25, 0.3) is 0 Å². The summed E-state index contributed by atoms with van der Waals surface area (Å²) < 4.78 is 0. The van der Waals surface area contributed by atoms with E-state index in [0.717, 1.165) is 0 Å². The molecule has 0 N–H and O–H groups in total. The second-order valence-electron chi connectivity index (χ2n) is 10.8. The van der Waals surface area contributed by atoms with Crippen molar-refractivity contribution in [2.45, 2.75) is 109 Å². The van der Waals surface area contributed by atoms with E-state index < -0.39 is 0 Å². The molecule has 1 aliphatic carbocycles. The van der Waals surface area contributed by atoms with Gasteiger partial charge in [-0.05, 0) is 65.1 Å². The fourth-order valence-corrected chi connectivity index (χ4v) is 10.5. The molecule has 0 aromatic carbocycles. The second kappa shape index (κ2) is 13.2. The first-order valence-corrected chi connectivity index (χ1v) is 18.0. The minimum Gasteiger partial charge on any atom is -0.143 e. The van der Waals surface area contributed by atoms with E-state index in [4.69, 9.17) is 0 Å². The zero-order chi connectivity index (χ0) is 25.5. The lowest BCUT2D eigenvalue weighted by Gasteiger charge is -2.31. The number of fused-ring (bicyclic) bond motifs is 3. The molecular weight excluding hydrogens is 525 g/mol. The van der Waals surface area contributed by atoms with Crippen LogP contribution in [0.4, 0.5) is 0 Å². The molecule has 4 heteroatoms. The molecule has 0 spiro atoms. The van der Waals surface area contributed by atoms with Crippen LogP contribution in [0.3, 0.4) is 0 Å². The lowest BCUT2D eigenvalue weighted by Crippen LogP contribution is -2.24. The predicted molar refractivity (Wildman–Crippen MR) is 171 cm³/mol. The van der Waals surface area contributed by atoms with E-state index in [2.05, 4.69) is 72.3 Å². The first-order valence-electron chi connectivity index (χ1n) is 14.6. The molecule has 0 fully saturated rings. The van der Waals surface area contributed by atoms with E-state index in [1.807, 2.05) is 34.0 Å². The lowest BCUT2D eigenvalue weighted by atomic mass is 9.71. The molecule has 0 saturated heterocycles. The van der Waals surface area contributed by atoms with Gasteiger partial charge in [0.1, 0.15) is 0 Å². The zero-order valence-electron chi connectivity index (χ0n) is 22.7. The summed E-state index contributed by atoms with van der Waals surface area (Å²) in [5.74, 6) is 0. The fraction of sp³-hybridized carbons (Fsp3) is 0.515. The summed E-state index contributed by atoms with van der Waals surface area (Å²) in [6, 6.07) is 14.2. The van der Waals surface area contributed by atoms with Crippen molar-refractivity contribution < 1.29 is 0 Å². The molecule has 1 aliphatic rings. The summed E-state index contributed by atoms with van der Waals surface area (Å²) in [6.07, 6.45) is 19.2. The smallest absolute Gasteiger partial charge is 0.0493 e. The van der Waals surface area contributed by atoms with Crippen molar-refractivity contribution in [2.75, 3.05) is 0 Å². The van der Waals surface area contributed by atoms with Crippen LogP contribution in [0.15, 0.2) is 47.2 Å². The maximum Gasteiger partial charge on any atom is 0.0493 e. The van der Waals surface area contributed by atoms with Gasteiger partial charge in [-0.2, -0.15) is 0 Å². The lowest BCUT2D eigenvalue weighted by molar-refractivity contribution is 0.399. The first-order chi connectivity index (χ1) is 18.3. The maximum absolute atomic E-state index is 2.62. The van der Waals surface area contributed by atoms with Crippen LogP contribution in [0.1, 0.15) is 115 Å². The Kier molecular flexibility index (Phi) is 9.79. The highest BCUT2D eigenvalue weighted by Gasteiger charge is 2.44. The number of rotatable bonds is 16. The van der Waals surface area contributed by atoms with Gasteiger partial charge in [0, 0.05) is 34.7 Å². The Morgan fingerprint density at radius 2 is 1.19 bits per heavy atom. The predicted octanol–water partition coefficient (Wildman–Crippen LogP) is 13.0. The van der Waals surface area contributed by atoms with Gasteiger partial charge in [-0.3, -0.25) is 0 Å². The highest BCUT2D eigenvalue weighted by Crippen LogP contribution is 2.60. The Morgan fingerprint density at radius 3 is 1.84 bits per heavy atom. The van der Waals surface area contributed by atoms with Crippen molar-refractivity contribution in [1.82, 2.24) is 0 Å². The number of thiophene rings is 4. The van der Waals surface area contributed by atoms with Crippen LogP contribution in [-0.4, -0.2) is 0 Å². The molecule has 37 heavy (non-hydrogen) atoms. The Morgan fingerprint density at radius 1 is 0.541 bits per heavy atom. The van der Waals surface area contributed by atoms with Crippen molar-refractivity contribution >= 4 is 45.3 Å². The molecule has 0 aliphatic heterocycles. The molecule has 4 aromatic rings. The fourth-order valence-electron chi connectivity index (χ4n) is 6.14. The Bertz CT molecular complexity index is 1200. The molecule has 0 saturated carbocycles. The topological polar surface area (TPSA) is 0 Å². The largest absolute Gasteiger partial charge is 0.143 e. The monoisotopic (exact) mass is 566 g/mol.